The lowest BCUT2D eigenvalue weighted by molar-refractivity contribution is -0.135. The van der Waals surface area contributed by atoms with Crippen molar-refractivity contribution in [1.29, 1.82) is 0 Å². The Morgan fingerprint density at radius 1 is 1.08 bits per heavy atom. The van der Waals surface area contributed by atoms with Gasteiger partial charge in [-0.1, -0.05) is 24.6 Å². The Hall–Kier alpha value is -1.59. The molecule has 1 amide bonds. The summed E-state index contributed by atoms with van der Waals surface area (Å²) in [7, 11) is 2.24. The van der Waals surface area contributed by atoms with Gasteiger partial charge in [-0.15, -0.1) is 0 Å². The highest BCUT2D eigenvalue weighted by Gasteiger charge is 2.25. The molecule has 5 nitrogen and oxygen atoms in total. The molecular weight excluding hydrogens is 302 g/mol. The number of likely N-dealkylation sites (N-methyl/N-ethyl adjacent to an activating group) is 1. The number of para-hydroxylation sites is 1. The molecule has 1 aromatic rings. The number of piperidine rings is 1. The highest BCUT2D eigenvalue weighted by atomic mass is 16.5. The number of ether oxygens (including phenoxy) is 1. The van der Waals surface area contributed by atoms with Gasteiger partial charge in [0.25, 0.3) is 5.91 Å². The molecule has 5 heteroatoms. The average Bonchev–Trinajstić information content (AvgIpc) is 2.63. The Morgan fingerprint density at radius 3 is 2.54 bits per heavy atom. The monoisotopic (exact) mass is 331 g/mol. The molecule has 2 heterocycles. The van der Waals surface area contributed by atoms with Gasteiger partial charge in [-0.2, -0.15) is 0 Å². The Morgan fingerprint density at radius 2 is 1.83 bits per heavy atom. The fourth-order valence-electron chi connectivity index (χ4n) is 3.61. The van der Waals surface area contributed by atoms with Crippen molar-refractivity contribution in [3.63, 3.8) is 0 Å². The number of nitrogens with zero attached hydrogens (tertiary/aromatic N) is 3. The van der Waals surface area contributed by atoms with Crippen LogP contribution in [0.2, 0.25) is 0 Å². The molecule has 2 aliphatic heterocycles. The summed E-state index contributed by atoms with van der Waals surface area (Å²) in [6.45, 7) is 6.07. The van der Waals surface area contributed by atoms with Crippen LogP contribution in [0, 0.1) is 0 Å². The third kappa shape index (κ3) is 4.71. The van der Waals surface area contributed by atoms with Crippen LogP contribution in [0.15, 0.2) is 30.3 Å². The SMILES string of the molecule is CN1CCCC[C@@H]1CN1CCN(C(=O)COc2ccccc2)CC1. The van der Waals surface area contributed by atoms with Crippen molar-refractivity contribution in [1.82, 2.24) is 14.7 Å². The third-order valence-electron chi connectivity index (χ3n) is 5.22. The molecule has 24 heavy (non-hydrogen) atoms. The molecule has 0 radical (unpaired) electrons. The molecule has 132 valence electrons. The Kier molecular flexibility index (Phi) is 6.10. The molecule has 0 aliphatic carbocycles. The third-order valence-corrected chi connectivity index (χ3v) is 5.22. The second-order valence-electron chi connectivity index (χ2n) is 6.91. The molecule has 0 spiro atoms. The number of likely N-dealkylation sites (tertiary alicyclic amines) is 1. The highest BCUT2D eigenvalue weighted by Crippen LogP contribution is 2.17. The van der Waals surface area contributed by atoms with Crippen molar-refractivity contribution < 1.29 is 9.53 Å². The summed E-state index contributed by atoms with van der Waals surface area (Å²) >= 11 is 0. The van der Waals surface area contributed by atoms with Gasteiger partial charge in [-0.3, -0.25) is 9.69 Å². The van der Waals surface area contributed by atoms with Gasteiger partial charge in [-0.25, -0.2) is 0 Å². The van der Waals surface area contributed by atoms with Gasteiger partial charge >= 0.3 is 0 Å². The van der Waals surface area contributed by atoms with Crippen LogP contribution >= 0.6 is 0 Å². The van der Waals surface area contributed by atoms with Crippen molar-refractivity contribution in [2.75, 3.05) is 52.9 Å². The standard InChI is InChI=1S/C19H29N3O2/c1-20-10-6-5-7-17(20)15-21-11-13-22(14-12-21)19(23)16-24-18-8-3-2-4-9-18/h2-4,8-9,17H,5-7,10-16H2,1H3/t17-/m1/s1. The number of piperazine rings is 1. The van der Waals surface area contributed by atoms with Crippen LogP contribution in [0.1, 0.15) is 19.3 Å². The fourth-order valence-corrected chi connectivity index (χ4v) is 3.61. The predicted octanol–water partition coefficient (Wildman–Crippen LogP) is 1.69. The van der Waals surface area contributed by atoms with Crippen molar-refractivity contribution in [2.24, 2.45) is 0 Å². The molecule has 0 saturated carbocycles. The summed E-state index contributed by atoms with van der Waals surface area (Å²) in [5, 5.41) is 0. The molecule has 2 saturated heterocycles. The van der Waals surface area contributed by atoms with Crippen LogP contribution in [-0.4, -0.2) is 79.6 Å². The van der Waals surface area contributed by atoms with Gasteiger partial charge in [0.05, 0.1) is 0 Å². The van der Waals surface area contributed by atoms with E-state index in [0.717, 1.165) is 38.5 Å². The molecule has 0 aromatic heterocycles. The first-order chi connectivity index (χ1) is 11.7. The highest BCUT2D eigenvalue weighted by molar-refractivity contribution is 5.77. The first-order valence-electron chi connectivity index (χ1n) is 9.10. The van der Waals surface area contributed by atoms with E-state index >= 15 is 0 Å². The minimum absolute atomic E-state index is 0.0910. The Labute approximate surface area is 145 Å². The van der Waals surface area contributed by atoms with E-state index in [2.05, 4.69) is 16.8 Å². The minimum atomic E-state index is 0.0910. The average molecular weight is 331 g/mol. The summed E-state index contributed by atoms with van der Waals surface area (Å²) in [5.74, 6) is 0.845. The summed E-state index contributed by atoms with van der Waals surface area (Å²) in [6, 6.07) is 10.2. The van der Waals surface area contributed by atoms with E-state index in [1.54, 1.807) is 0 Å². The summed E-state index contributed by atoms with van der Waals surface area (Å²) < 4.78 is 5.57. The van der Waals surface area contributed by atoms with Crippen LogP contribution in [0.25, 0.3) is 0 Å². The molecular formula is C19H29N3O2. The quantitative estimate of drug-likeness (QED) is 0.823. The smallest absolute Gasteiger partial charge is 0.260 e. The molecule has 0 N–H and O–H groups in total. The van der Waals surface area contributed by atoms with Crippen LogP contribution in [0.3, 0.4) is 0 Å². The van der Waals surface area contributed by atoms with Crippen LogP contribution in [0.5, 0.6) is 5.75 Å². The molecule has 1 aromatic carbocycles. The zero-order valence-corrected chi connectivity index (χ0v) is 14.7. The largest absolute Gasteiger partial charge is 0.484 e. The maximum absolute atomic E-state index is 12.3. The van der Waals surface area contributed by atoms with Gasteiger partial charge in [0.15, 0.2) is 6.61 Å². The van der Waals surface area contributed by atoms with Gasteiger partial charge in [0.1, 0.15) is 5.75 Å². The van der Waals surface area contributed by atoms with E-state index in [1.165, 1.54) is 25.8 Å². The lowest BCUT2D eigenvalue weighted by Crippen LogP contribution is -2.53. The molecule has 0 unspecified atom stereocenters. The van der Waals surface area contributed by atoms with Crippen LogP contribution in [0.4, 0.5) is 0 Å². The maximum Gasteiger partial charge on any atom is 0.260 e. The van der Waals surface area contributed by atoms with E-state index in [4.69, 9.17) is 4.74 Å². The van der Waals surface area contributed by atoms with Gasteiger partial charge in [-0.05, 0) is 38.6 Å². The first-order valence-corrected chi connectivity index (χ1v) is 9.10. The molecule has 1 atom stereocenters. The second kappa shape index (κ2) is 8.49. The van der Waals surface area contributed by atoms with E-state index in [-0.39, 0.29) is 12.5 Å². The summed E-state index contributed by atoms with van der Waals surface area (Å²) in [6.07, 6.45) is 3.99. The van der Waals surface area contributed by atoms with Crippen LogP contribution in [-0.2, 0) is 4.79 Å². The maximum atomic E-state index is 12.3. The van der Waals surface area contributed by atoms with E-state index in [9.17, 15) is 4.79 Å². The number of hydrogen-bond donors (Lipinski definition) is 0. The minimum Gasteiger partial charge on any atom is -0.484 e. The zero-order valence-electron chi connectivity index (χ0n) is 14.7. The van der Waals surface area contributed by atoms with Crippen LogP contribution < -0.4 is 4.74 Å². The van der Waals surface area contributed by atoms with Crippen molar-refractivity contribution in [2.45, 2.75) is 25.3 Å². The predicted molar refractivity (Wildman–Crippen MR) is 95.2 cm³/mol. The molecule has 0 bridgehead atoms. The summed E-state index contributed by atoms with van der Waals surface area (Å²) in [5.41, 5.74) is 0. The fraction of sp³-hybridized carbons (Fsp3) is 0.632. The lowest BCUT2D eigenvalue weighted by atomic mass is 10.0. The van der Waals surface area contributed by atoms with E-state index in [0.29, 0.717) is 6.04 Å². The Balaban J connectivity index is 1.39. The van der Waals surface area contributed by atoms with Crippen molar-refractivity contribution in [3.8, 4) is 5.75 Å². The number of benzene rings is 1. The number of carbonyl (C=O) groups is 1. The lowest BCUT2D eigenvalue weighted by Gasteiger charge is -2.40. The zero-order chi connectivity index (χ0) is 16.8. The van der Waals surface area contributed by atoms with E-state index < -0.39 is 0 Å². The molecule has 3 rings (SSSR count). The molecule has 2 fully saturated rings. The van der Waals surface area contributed by atoms with Crippen molar-refractivity contribution >= 4 is 5.91 Å². The topological polar surface area (TPSA) is 36.0 Å². The molecule has 2 aliphatic rings. The van der Waals surface area contributed by atoms with Crippen molar-refractivity contribution in [3.05, 3.63) is 30.3 Å². The number of amides is 1. The summed E-state index contributed by atoms with van der Waals surface area (Å²) in [4.78, 5) is 19.2. The first kappa shape index (κ1) is 17.2. The Bertz CT molecular complexity index is 515. The van der Waals surface area contributed by atoms with Gasteiger partial charge < -0.3 is 14.5 Å². The van der Waals surface area contributed by atoms with E-state index in [1.807, 2.05) is 35.2 Å². The van der Waals surface area contributed by atoms with Gasteiger partial charge in [0.2, 0.25) is 0 Å². The van der Waals surface area contributed by atoms with Gasteiger partial charge in [0, 0.05) is 38.8 Å². The number of hydrogen-bond acceptors (Lipinski definition) is 4. The second-order valence-corrected chi connectivity index (χ2v) is 6.91. The number of carbonyl (C=O) groups excluding carboxylic acids is 1. The normalized spacial score (nSPS) is 23.2. The number of rotatable bonds is 5.